The Balaban J connectivity index is 1.74. The quantitative estimate of drug-likeness (QED) is 0.428. The molecular weight excluding hydrogens is 404 g/mol. The summed E-state index contributed by atoms with van der Waals surface area (Å²) in [7, 11) is 0. The van der Waals surface area contributed by atoms with Gasteiger partial charge in [0.1, 0.15) is 5.75 Å². The Labute approximate surface area is 181 Å². The standard InChI is InChI=1S/C22H30N2O7/c1-3-30-20(26)14-31-18-7-5-17(6-8-18)21(27)15(2)23-19(25)9-4-16-10-12-24(13-11-16)22(28)29/h5-8,15-16H,3-4,9-14H2,1-2H3,(H,23,25)(H,28,29)/t15-/m0/s1. The minimum absolute atomic E-state index is 0.198. The first-order valence-electron chi connectivity index (χ1n) is 10.5. The highest BCUT2D eigenvalue weighted by atomic mass is 16.6. The summed E-state index contributed by atoms with van der Waals surface area (Å²) in [6.07, 6.45) is 1.57. The van der Waals surface area contributed by atoms with Crippen molar-refractivity contribution in [1.29, 1.82) is 0 Å². The Bertz CT molecular complexity index is 771. The first kappa shape index (κ1) is 24.2. The van der Waals surface area contributed by atoms with Gasteiger partial charge in [0, 0.05) is 25.1 Å². The molecule has 31 heavy (non-hydrogen) atoms. The molecule has 0 unspecified atom stereocenters. The number of ketones is 1. The molecule has 2 amide bonds. The number of piperidine rings is 1. The van der Waals surface area contributed by atoms with E-state index in [2.05, 4.69) is 5.32 Å². The van der Waals surface area contributed by atoms with Crippen molar-refractivity contribution in [3.8, 4) is 5.75 Å². The number of carbonyl (C=O) groups is 4. The van der Waals surface area contributed by atoms with E-state index in [-0.39, 0.29) is 24.9 Å². The van der Waals surface area contributed by atoms with Crippen LogP contribution in [-0.2, 0) is 14.3 Å². The number of hydrogen-bond donors (Lipinski definition) is 2. The zero-order chi connectivity index (χ0) is 22.8. The summed E-state index contributed by atoms with van der Waals surface area (Å²) in [6.45, 7) is 4.41. The summed E-state index contributed by atoms with van der Waals surface area (Å²) in [5, 5.41) is 11.7. The molecule has 1 aliphatic rings. The summed E-state index contributed by atoms with van der Waals surface area (Å²) in [6, 6.07) is 5.67. The molecule has 0 radical (unpaired) electrons. The van der Waals surface area contributed by atoms with Gasteiger partial charge in [0.25, 0.3) is 0 Å². The third-order valence-electron chi connectivity index (χ3n) is 5.24. The SMILES string of the molecule is CCOC(=O)COc1ccc(C(=O)[C@H](C)NC(=O)CCC2CCN(C(=O)O)CC2)cc1. The minimum Gasteiger partial charge on any atom is -0.482 e. The third kappa shape index (κ3) is 7.92. The van der Waals surface area contributed by atoms with Gasteiger partial charge in [0.05, 0.1) is 12.6 Å². The van der Waals surface area contributed by atoms with Crippen LogP contribution >= 0.6 is 0 Å². The Morgan fingerprint density at radius 2 is 1.81 bits per heavy atom. The van der Waals surface area contributed by atoms with E-state index in [1.807, 2.05) is 0 Å². The maximum absolute atomic E-state index is 12.6. The number of Topliss-reactive ketones (excluding diaryl/α,β-unsaturated/α-hetero) is 1. The summed E-state index contributed by atoms with van der Waals surface area (Å²) < 4.78 is 10.1. The number of nitrogens with one attached hydrogen (secondary N) is 1. The number of esters is 1. The van der Waals surface area contributed by atoms with Crippen LogP contribution in [-0.4, -0.2) is 66.1 Å². The van der Waals surface area contributed by atoms with Gasteiger partial charge in [-0.05, 0) is 63.3 Å². The lowest BCUT2D eigenvalue weighted by molar-refractivity contribution is -0.145. The van der Waals surface area contributed by atoms with Gasteiger partial charge in [-0.25, -0.2) is 9.59 Å². The van der Waals surface area contributed by atoms with Crippen LogP contribution in [0.2, 0.25) is 0 Å². The van der Waals surface area contributed by atoms with Crippen LogP contribution < -0.4 is 10.1 Å². The van der Waals surface area contributed by atoms with Gasteiger partial charge in [-0.3, -0.25) is 9.59 Å². The Kier molecular flexibility index (Phi) is 9.30. The molecule has 9 nitrogen and oxygen atoms in total. The van der Waals surface area contributed by atoms with E-state index in [1.54, 1.807) is 38.1 Å². The van der Waals surface area contributed by atoms with Crippen LogP contribution in [0.5, 0.6) is 5.75 Å². The number of carbonyl (C=O) groups excluding carboxylic acids is 3. The molecule has 0 aliphatic carbocycles. The zero-order valence-corrected chi connectivity index (χ0v) is 18.0. The van der Waals surface area contributed by atoms with E-state index in [4.69, 9.17) is 14.6 Å². The lowest BCUT2D eigenvalue weighted by atomic mass is 9.92. The third-order valence-corrected chi connectivity index (χ3v) is 5.24. The molecule has 1 fully saturated rings. The van der Waals surface area contributed by atoms with Crippen LogP contribution in [0.1, 0.15) is 49.9 Å². The topological polar surface area (TPSA) is 122 Å². The fourth-order valence-corrected chi connectivity index (χ4v) is 3.44. The lowest BCUT2D eigenvalue weighted by Gasteiger charge is -2.29. The highest BCUT2D eigenvalue weighted by Gasteiger charge is 2.23. The number of hydrogen-bond acceptors (Lipinski definition) is 6. The van der Waals surface area contributed by atoms with E-state index < -0.39 is 18.1 Å². The van der Waals surface area contributed by atoms with Crippen molar-refractivity contribution in [3.63, 3.8) is 0 Å². The molecule has 0 bridgehead atoms. The molecule has 1 atom stereocenters. The lowest BCUT2D eigenvalue weighted by Crippen LogP contribution is -2.39. The first-order valence-corrected chi connectivity index (χ1v) is 10.5. The van der Waals surface area contributed by atoms with Gasteiger partial charge in [-0.2, -0.15) is 0 Å². The molecule has 9 heteroatoms. The van der Waals surface area contributed by atoms with Crippen molar-refractivity contribution in [3.05, 3.63) is 29.8 Å². The maximum Gasteiger partial charge on any atom is 0.407 e. The summed E-state index contributed by atoms with van der Waals surface area (Å²) in [4.78, 5) is 48.4. The van der Waals surface area contributed by atoms with E-state index in [9.17, 15) is 19.2 Å². The number of likely N-dealkylation sites (tertiary alicyclic amines) is 1. The highest BCUT2D eigenvalue weighted by molar-refractivity contribution is 6.01. The molecular formula is C22H30N2O7. The van der Waals surface area contributed by atoms with Crippen LogP contribution in [0.3, 0.4) is 0 Å². The van der Waals surface area contributed by atoms with Crippen molar-refractivity contribution in [2.45, 2.75) is 45.6 Å². The first-order chi connectivity index (χ1) is 14.8. The van der Waals surface area contributed by atoms with Gasteiger partial charge < -0.3 is 24.8 Å². The van der Waals surface area contributed by atoms with E-state index in [1.165, 1.54) is 4.90 Å². The molecule has 2 rings (SSSR count). The Morgan fingerprint density at radius 1 is 1.16 bits per heavy atom. The molecule has 2 N–H and O–H groups in total. The minimum atomic E-state index is -0.901. The van der Waals surface area contributed by atoms with Crippen LogP contribution in [0.25, 0.3) is 0 Å². The number of nitrogens with zero attached hydrogens (tertiary/aromatic N) is 1. The highest BCUT2D eigenvalue weighted by Crippen LogP contribution is 2.22. The van der Waals surface area contributed by atoms with Crippen molar-refractivity contribution >= 4 is 23.8 Å². The number of amides is 2. The summed E-state index contributed by atoms with van der Waals surface area (Å²) >= 11 is 0. The molecule has 1 heterocycles. The Morgan fingerprint density at radius 3 is 2.39 bits per heavy atom. The monoisotopic (exact) mass is 434 g/mol. The normalized spacial score (nSPS) is 15.1. The molecule has 0 spiro atoms. The summed E-state index contributed by atoms with van der Waals surface area (Å²) in [5.74, 6) is -0.132. The smallest absolute Gasteiger partial charge is 0.407 e. The average Bonchev–Trinajstić information content (AvgIpc) is 2.76. The van der Waals surface area contributed by atoms with E-state index >= 15 is 0 Å². The summed E-state index contributed by atoms with van der Waals surface area (Å²) in [5.41, 5.74) is 0.428. The second kappa shape index (κ2) is 11.9. The van der Waals surface area contributed by atoms with Crippen LogP contribution in [0.15, 0.2) is 24.3 Å². The van der Waals surface area contributed by atoms with Crippen molar-refractivity contribution in [2.24, 2.45) is 5.92 Å². The van der Waals surface area contributed by atoms with Gasteiger partial charge in [-0.15, -0.1) is 0 Å². The van der Waals surface area contributed by atoms with Crippen LogP contribution in [0.4, 0.5) is 4.79 Å². The van der Waals surface area contributed by atoms with E-state index in [0.29, 0.717) is 43.2 Å². The second-order valence-corrected chi connectivity index (χ2v) is 7.52. The van der Waals surface area contributed by atoms with Gasteiger partial charge >= 0.3 is 12.1 Å². The van der Waals surface area contributed by atoms with Gasteiger partial charge in [0.15, 0.2) is 12.4 Å². The number of benzene rings is 1. The van der Waals surface area contributed by atoms with Crippen molar-refractivity contribution in [2.75, 3.05) is 26.3 Å². The molecule has 0 saturated carbocycles. The average molecular weight is 434 g/mol. The van der Waals surface area contributed by atoms with Gasteiger partial charge in [0.2, 0.25) is 5.91 Å². The molecule has 1 saturated heterocycles. The van der Waals surface area contributed by atoms with E-state index in [0.717, 1.165) is 12.8 Å². The number of ether oxygens (including phenoxy) is 2. The van der Waals surface area contributed by atoms with Crippen LogP contribution in [0, 0.1) is 5.92 Å². The predicted octanol–water partition coefficient (Wildman–Crippen LogP) is 2.49. The molecule has 170 valence electrons. The Hall–Kier alpha value is -3.10. The molecule has 0 aromatic heterocycles. The second-order valence-electron chi connectivity index (χ2n) is 7.52. The van der Waals surface area contributed by atoms with Crippen molar-refractivity contribution in [1.82, 2.24) is 10.2 Å². The maximum atomic E-state index is 12.6. The fourth-order valence-electron chi connectivity index (χ4n) is 3.44. The molecule has 1 aromatic rings. The number of rotatable bonds is 10. The molecule has 1 aromatic carbocycles. The molecule has 1 aliphatic heterocycles. The predicted molar refractivity (Wildman–Crippen MR) is 112 cm³/mol. The van der Waals surface area contributed by atoms with Gasteiger partial charge in [-0.1, -0.05) is 0 Å². The zero-order valence-electron chi connectivity index (χ0n) is 18.0. The largest absolute Gasteiger partial charge is 0.482 e. The number of carboxylic acid groups (broad SMARTS) is 1. The fraction of sp³-hybridized carbons (Fsp3) is 0.545. The van der Waals surface area contributed by atoms with Crippen molar-refractivity contribution < 1.29 is 33.8 Å².